The molecule has 1 heterocycles. The molecule has 2 atom stereocenters. The first kappa shape index (κ1) is 20.8. The standard InChI is InChI=1S/C24H26N4O3/c1-17-10-8-9-15-20(17)25-21(29)16-31-24(30)22-26-23(18-11-4-2-5-12-18)28(27-22)19-13-6-3-7-14-19/h2-7,11-14,17,20H,8-10,15-16H2,1H3,(H,25,29)/t17-,20-/m0/s1. The fraction of sp³-hybridized carbons (Fsp3) is 0.333. The van der Waals surface area contributed by atoms with Crippen molar-refractivity contribution in [1.29, 1.82) is 0 Å². The third kappa shape index (κ3) is 4.99. The van der Waals surface area contributed by atoms with Crippen molar-refractivity contribution in [3.8, 4) is 17.1 Å². The SMILES string of the molecule is C[C@H]1CCCC[C@@H]1NC(=O)COC(=O)c1nc(-c2ccccc2)n(-c2ccccc2)n1. The Morgan fingerprint density at radius 1 is 1.03 bits per heavy atom. The van der Waals surface area contributed by atoms with Gasteiger partial charge in [0, 0.05) is 11.6 Å². The van der Waals surface area contributed by atoms with Crippen LogP contribution < -0.4 is 5.32 Å². The maximum absolute atomic E-state index is 12.6. The van der Waals surface area contributed by atoms with Gasteiger partial charge in [-0.2, -0.15) is 0 Å². The fourth-order valence-corrected chi connectivity index (χ4v) is 3.90. The fourth-order valence-electron chi connectivity index (χ4n) is 3.90. The molecule has 1 aliphatic carbocycles. The third-order valence-corrected chi connectivity index (χ3v) is 5.61. The van der Waals surface area contributed by atoms with Crippen LogP contribution in [0.5, 0.6) is 0 Å². The molecule has 2 aromatic carbocycles. The summed E-state index contributed by atoms with van der Waals surface area (Å²) in [5.74, 6) is -0.137. The van der Waals surface area contributed by atoms with Gasteiger partial charge in [-0.25, -0.2) is 14.5 Å². The zero-order valence-electron chi connectivity index (χ0n) is 17.5. The first-order valence-corrected chi connectivity index (χ1v) is 10.7. The summed E-state index contributed by atoms with van der Waals surface area (Å²) < 4.78 is 6.82. The number of para-hydroxylation sites is 1. The van der Waals surface area contributed by atoms with E-state index in [0.29, 0.717) is 11.7 Å². The van der Waals surface area contributed by atoms with E-state index >= 15 is 0 Å². The second-order valence-electron chi connectivity index (χ2n) is 7.88. The van der Waals surface area contributed by atoms with E-state index in [9.17, 15) is 9.59 Å². The molecule has 1 aliphatic rings. The van der Waals surface area contributed by atoms with Crippen molar-refractivity contribution < 1.29 is 14.3 Å². The van der Waals surface area contributed by atoms with Gasteiger partial charge in [0.2, 0.25) is 0 Å². The molecule has 7 heteroatoms. The van der Waals surface area contributed by atoms with Crippen LogP contribution in [-0.2, 0) is 9.53 Å². The zero-order valence-corrected chi connectivity index (χ0v) is 17.5. The highest BCUT2D eigenvalue weighted by Crippen LogP contribution is 2.24. The first-order chi connectivity index (χ1) is 15.1. The third-order valence-electron chi connectivity index (χ3n) is 5.61. The summed E-state index contributed by atoms with van der Waals surface area (Å²) in [6.45, 7) is 1.80. The number of carbonyl (C=O) groups is 2. The Balaban J connectivity index is 1.48. The molecular formula is C24H26N4O3. The lowest BCUT2D eigenvalue weighted by molar-refractivity contribution is -0.125. The molecule has 0 spiro atoms. The van der Waals surface area contributed by atoms with Crippen molar-refractivity contribution in [2.45, 2.75) is 38.6 Å². The summed E-state index contributed by atoms with van der Waals surface area (Å²) in [7, 11) is 0. The molecule has 0 unspecified atom stereocenters. The van der Waals surface area contributed by atoms with Crippen molar-refractivity contribution in [3.05, 3.63) is 66.5 Å². The average molecular weight is 418 g/mol. The number of nitrogens with zero attached hydrogens (tertiary/aromatic N) is 3. The number of carbonyl (C=O) groups excluding carboxylic acids is 2. The van der Waals surface area contributed by atoms with Gasteiger partial charge in [-0.15, -0.1) is 5.10 Å². The van der Waals surface area contributed by atoms with Gasteiger partial charge in [-0.05, 0) is 30.9 Å². The van der Waals surface area contributed by atoms with Crippen LogP contribution in [0.3, 0.4) is 0 Å². The van der Waals surface area contributed by atoms with Crippen molar-refractivity contribution in [2.75, 3.05) is 6.61 Å². The number of hydrogen-bond donors (Lipinski definition) is 1. The quantitative estimate of drug-likeness (QED) is 0.616. The van der Waals surface area contributed by atoms with Crippen LogP contribution in [0.15, 0.2) is 60.7 Å². The number of amides is 1. The van der Waals surface area contributed by atoms with Gasteiger partial charge in [0.1, 0.15) is 0 Å². The molecule has 1 amide bonds. The van der Waals surface area contributed by atoms with Gasteiger partial charge < -0.3 is 10.1 Å². The maximum Gasteiger partial charge on any atom is 0.378 e. The van der Waals surface area contributed by atoms with Crippen molar-refractivity contribution in [3.63, 3.8) is 0 Å². The average Bonchev–Trinajstić information content (AvgIpc) is 3.26. The molecule has 3 aromatic rings. The van der Waals surface area contributed by atoms with Crippen LogP contribution in [0.4, 0.5) is 0 Å². The van der Waals surface area contributed by atoms with Crippen LogP contribution in [0.2, 0.25) is 0 Å². The van der Waals surface area contributed by atoms with E-state index in [2.05, 4.69) is 22.3 Å². The summed E-state index contributed by atoms with van der Waals surface area (Å²) in [5, 5.41) is 7.34. The van der Waals surface area contributed by atoms with Crippen LogP contribution in [0, 0.1) is 5.92 Å². The van der Waals surface area contributed by atoms with E-state index in [1.54, 1.807) is 4.68 Å². The van der Waals surface area contributed by atoms with Crippen LogP contribution in [0.25, 0.3) is 17.1 Å². The Hall–Kier alpha value is -3.48. The molecule has 0 saturated heterocycles. The summed E-state index contributed by atoms with van der Waals surface area (Å²) in [6.07, 6.45) is 4.37. The topological polar surface area (TPSA) is 86.1 Å². The van der Waals surface area contributed by atoms with E-state index in [0.717, 1.165) is 30.5 Å². The van der Waals surface area contributed by atoms with Crippen LogP contribution in [-0.4, -0.2) is 39.3 Å². The monoisotopic (exact) mass is 418 g/mol. The molecule has 1 N–H and O–H groups in total. The Morgan fingerprint density at radius 3 is 2.42 bits per heavy atom. The molecule has 4 rings (SSSR count). The molecule has 160 valence electrons. The predicted molar refractivity (Wildman–Crippen MR) is 117 cm³/mol. The highest BCUT2D eigenvalue weighted by molar-refractivity contribution is 5.88. The van der Waals surface area contributed by atoms with E-state index in [-0.39, 0.29) is 24.4 Å². The first-order valence-electron chi connectivity index (χ1n) is 10.7. The number of rotatable bonds is 6. The second-order valence-corrected chi connectivity index (χ2v) is 7.88. The van der Waals surface area contributed by atoms with Gasteiger partial charge in [0.25, 0.3) is 11.7 Å². The zero-order chi connectivity index (χ0) is 21.6. The Labute approximate surface area is 181 Å². The van der Waals surface area contributed by atoms with Crippen molar-refractivity contribution in [2.24, 2.45) is 5.92 Å². The minimum Gasteiger partial charge on any atom is -0.450 e. The number of benzene rings is 2. The predicted octanol–water partition coefficient (Wildman–Crippen LogP) is 3.79. The lowest BCUT2D eigenvalue weighted by Crippen LogP contribution is -2.42. The number of hydrogen-bond acceptors (Lipinski definition) is 5. The number of aromatic nitrogens is 3. The molecule has 1 saturated carbocycles. The van der Waals surface area contributed by atoms with Crippen LogP contribution in [0.1, 0.15) is 43.2 Å². The summed E-state index contributed by atoms with van der Waals surface area (Å²) in [4.78, 5) is 29.3. The Bertz CT molecular complexity index is 976. The van der Waals surface area contributed by atoms with Crippen molar-refractivity contribution >= 4 is 11.9 Å². The highest BCUT2D eigenvalue weighted by atomic mass is 16.5. The van der Waals surface area contributed by atoms with E-state index in [1.165, 1.54) is 6.42 Å². The Morgan fingerprint density at radius 2 is 1.71 bits per heavy atom. The molecule has 7 nitrogen and oxygen atoms in total. The van der Waals surface area contributed by atoms with Gasteiger partial charge in [-0.3, -0.25) is 4.79 Å². The lowest BCUT2D eigenvalue weighted by Gasteiger charge is -2.29. The molecule has 1 fully saturated rings. The minimum atomic E-state index is -0.723. The lowest BCUT2D eigenvalue weighted by atomic mass is 9.86. The van der Waals surface area contributed by atoms with E-state index < -0.39 is 5.97 Å². The summed E-state index contributed by atoms with van der Waals surface area (Å²) in [5.41, 5.74) is 1.60. The smallest absolute Gasteiger partial charge is 0.378 e. The number of ether oxygens (including phenoxy) is 1. The highest BCUT2D eigenvalue weighted by Gasteiger charge is 2.24. The number of nitrogens with one attached hydrogen (secondary N) is 1. The molecule has 0 bridgehead atoms. The van der Waals surface area contributed by atoms with Gasteiger partial charge >= 0.3 is 5.97 Å². The summed E-state index contributed by atoms with van der Waals surface area (Å²) >= 11 is 0. The van der Waals surface area contributed by atoms with Gasteiger partial charge in [-0.1, -0.05) is 68.3 Å². The van der Waals surface area contributed by atoms with Gasteiger partial charge in [0.15, 0.2) is 12.4 Å². The summed E-state index contributed by atoms with van der Waals surface area (Å²) in [6, 6.07) is 19.1. The molecule has 0 aliphatic heterocycles. The van der Waals surface area contributed by atoms with Crippen molar-refractivity contribution in [1.82, 2.24) is 20.1 Å². The van der Waals surface area contributed by atoms with Crippen LogP contribution >= 0.6 is 0 Å². The maximum atomic E-state index is 12.6. The van der Waals surface area contributed by atoms with E-state index in [4.69, 9.17) is 4.74 Å². The second kappa shape index (κ2) is 9.55. The number of esters is 1. The molecule has 0 radical (unpaired) electrons. The minimum absolute atomic E-state index is 0.0819. The molecule has 31 heavy (non-hydrogen) atoms. The largest absolute Gasteiger partial charge is 0.450 e. The Kier molecular flexibility index (Phi) is 6.40. The molecular weight excluding hydrogens is 392 g/mol. The van der Waals surface area contributed by atoms with E-state index in [1.807, 2.05) is 60.7 Å². The molecule has 1 aromatic heterocycles. The van der Waals surface area contributed by atoms with Gasteiger partial charge in [0.05, 0.1) is 5.69 Å². The normalized spacial score (nSPS) is 18.4.